The highest BCUT2D eigenvalue weighted by atomic mass is 16.5. The molecule has 0 saturated heterocycles. The van der Waals surface area contributed by atoms with Crippen LogP contribution in [-0.2, 0) is 16.0 Å². The SMILES string of the molecule is N#CCCNC(=O)C(Cc1ccc(O)cc1)NC(=O)OCC1c2ccccc2-c2ccccc21. The quantitative estimate of drug-likeness (QED) is 0.447. The number of alkyl carbamates (subject to hydrolysis) is 1. The minimum absolute atomic E-state index is 0.0850. The van der Waals surface area contributed by atoms with Crippen LogP contribution in [0.3, 0.4) is 0 Å². The highest BCUT2D eigenvalue weighted by Crippen LogP contribution is 2.44. The zero-order valence-corrected chi connectivity index (χ0v) is 18.5. The minimum atomic E-state index is -0.890. The third-order valence-corrected chi connectivity index (χ3v) is 5.86. The molecule has 0 saturated carbocycles. The Morgan fingerprint density at radius 2 is 1.59 bits per heavy atom. The molecule has 1 atom stereocenters. The number of phenols is 1. The molecule has 1 aliphatic rings. The molecule has 0 spiro atoms. The van der Waals surface area contributed by atoms with Gasteiger partial charge in [0, 0.05) is 18.9 Å². The lowest BCUT2D eigenvalue weighted by molar-refractivity contribution is -0.123. The number of rotatable bonds is 8. The van der Waals surface area contributed by atoms with Gasteiger partial charge in [-0.3, -0.25) is 4.79 Å². The molecule has 3 aromatic rings. The van der Waals surface area contributed by atoms with Gasteiger partial charge < -0.3 is 20.5 Å². The lowest BCUT2D eigenvalue weighted by atomic mass is 9.98. The number of phenolic OH excluding ortho intramolecular Hbond substituents is 1. The van der Waals surface area contributed by atoms with Gasteiger partial charge in [-0.15, -0.1) is 0 Å². The van der Waals surface area contributed by atoms with Gasteiger partial charge in [-0.2, -0.15) is 5.26 Å². The lowest BCUT2D eigenvalue weighted by Crippen LogP contribution is -2.48. The third-order valence-electron chi connectivity index (χ3n) is 5.86. The topological polar surface area (TPSA) is 111 Å². The maximum absolute atomic E-state index is 12.7. The fraction of sp³-hybridized carbons (Fsp3) is 0.222. The van der Waals surface area contributed by atoms with Crippen molar-refractivity contribution in [1.82, 2.24) is 10.6 Å². The number of nitriles is 1. The van der Waals surface area contributed by atoms with E-state index in [1.807, 2.05) is 42.5 Å². The van der Waals surface area contributed by atoms with Crippen molar-refractivity contribution in [3.63, 3.8) is 0 Å². The molecular weight excluding hydrogens is 430 g/mol. The van der Waals surface area contributed by atoms with Gasteiger partial charge in [-0.25, -0.2) is 4.79 Å². The van der Waals surface area contributed by atoms with Crippen LogP contribution in [0.25, 0.3) is 11.1 Å². The van der Waals surface area contributed by atoms with Crippen LogP contribution in [0.2, 0.25) is 0 Å². The molecule has 7 heteroatoms. The summed E-state index contributed by atoms with van der Waals surface area (Å²) >= 11 is 0. The Hall–Kier alpha value is -4.31. The maximum atomic E-state index is 12.7. The Morgan fingerprint density at radius 3 is 2.21 bits per heavy atom. The Labute approximate surface area is 198 Å². The van der Waals surface area contributed by atoms with E-state index in [4.69, 9.17) is 10.00 Å². The Morgan fingerprint density at radius 1 is 0.971 bits per heavy atom. The van der Waals surface area contributed by atoms with Gasteiger partial charge in [-0.05, 0) is 39.9 Å². The number of amides is 2. The first-order valence-corrected chi connectivity index (χ1v) is 11.1. The van der Waals surface area contributed by atoms with E-state index < -0.39 is 18.0 Å². The molecule has 34 heavy (non-hydrogen) atoms. The Balaban J connectivity index is 1.43. The second-order valence-corrected chi connectivity index (χ2v) is 8.09. The first-order valence-electron chi connectivity index (χ1n) is 11.1. The number of carbonyl (C=O) groups is 2. The van der Waals surface area contributed by atoms with Gasteiger partial charge in [0.15, 0.2) is 0 Å². The van der Waals surface area contributed by atoms with Crippen molar-refractivity contribution in [2.24, 2.45) is 0 Å². The van der Waals surface area contributed by atoms with Crippen LogP contribution in [0.4, 0.5) is 4.79 Å². The molecular formula is C27H25N3O4. The molecule has 0 heterocycles. The van der Waals surface area contributed by atoms with E-state index in [2.05, 4.69) is 22.8 Å². The van der Waals surface area contributed by atoms with Crippen LogP contribution in [0.1, 0.15) is 29.0 Å². The second kappa shape index (κ2) is 10.5. The van der Waals surface area contributed by atoms with Gasteiger partial charge in [0.1, 0.15) is 18.4 Å². The van der Waals surface area contributed by atoms with Crippen LogP contribution in [0.15, 0.2) is 72.8 Å². The van der Waals surface area contributed by atoms with E-state index in [0.29, 0.717) is 0 Å². The van der Waals surface area contributed by atoms with Crippen LogP contribution in [0.5, 0.6) is 5.75 Å². The molecule has 2 amide bonds. The van der Waals surface area contributed by atoms with Crippen molar-refractivity contribution in [2.45, 2.75) is 24.8 Å². The number of hydrogen-bond acceptors (Lipinski definition) is 5. The smallest absolute Gasteiger partial charge is 0.407 e. The average Bonchev–Trinajstić information content (AvgIpc) is 3.17. The van der Waals surface area contributed by atoms with E-state index >= 15 is 0 Å². The van der Waals surface area contributed by atoms with Gasteiger partial charge >= 0.3 is 6.09 Å². The van der Waals surface area contributed by atoms with Crippen LogP contribution < -0.4 is 10.6 Å². The molecule has 4 rings (SSSR count). The number of benzene rings is 3. The van der Waals surface area contributed by atoms with Gasteiger partial charge in [0.2, 0.25) is 5.91 Å². The highest BCUT2D eigenvalue weighted by Gasteiger charge is 2.29. The molecule has 0 aliphatic heterocycles. The average molecular weight is 456 g/mol. The third kappa shape index (κ3) is 5.18. The molecule has 0 fully saturated rings. The summed E-state index contributed by atoms with van der Waals surface area (Å²) in [6.07, 6.45) is -0.313. The van der Waals surface area contributed by atoms with Crippen LogP contribution >= 0.6 is 0 Å². The van der Waals surface area contributed by atoms with E-state index in [1.54, 1.807) is 12.1 Å². The zero-order valence-electron chi connectivity index (χ0n) is 18.5. The number of ether oxygens (including phenoxy) is 1. The van der Waals surface area contributed by atoms with E-state index in [-0.39, 0.29) is 37.7 Å². The van der Waals surface area contributed by atoms with Crippen molar-refractivity contribution in [1.29, 1.82) is 5.26 Å². The summed E-state index contributed by atoms with van der Waals surface area (Å²) in [6, 6.07) is 23.6. The Kier molecular flexibility index (Phi) is 7.09. The Bertz CT molecular complexity index is 1170. The van der Waals surface area contributed by atoms with E-state index in [9.17, 15) is 14.7 Å². The second-order valence-electron chi connectivity index (χ2n) is 8.09. The van der Waals surface area contributed by atoms with Crippen molar-refractivity contribution < 1.29 is 19.4 Å². The molecule has 172 valence electrons. The number of nitrogens with zero attached hydrogens (tertiary/aromatic N) is 1. The number of hydrogen-bond donors (Lipinski definition) is 3. The van der Waals surface area contributed by atoms with Gasteiger partial charge in [0.25, 0.3) is 0 Å². The van der Waals surface area contributed by atoms with Crippen molar-refractivity contribution in [3.8, 4) is 22.9 Å². The van der Waals surface area contributed by atoms with E-state index in [1.165, 1.54) is 12.1 Å². The fourth-order valence-electron chi connectivity index (χ4n) is 4.22. The first-order chi connectivity index (χ1) is 16.6. The normalized spacial score (nSPS) is 12.7. The largest absolute Gasteiger partial charge is 0.508 e. The summed E-state index contributed by atoms with van der Waals surface area (Å²) in [6.45, 7) is 0.329. The fourth-order valence-corrected chi connectivity index (χ4v) is 4.22. The van der Waals surface area contributed by atoms with Gasteiger partial charge in [-0.1, -0.05) is 60.7 Å². The molecule has 3 aromatic carbocycles. The van der Waals surface area contributed by atoms with E-state index in [0.717, 1.165) is 27.8 Å². The zero-order chi connectivity index (χ0) is 23.9. The number of aromatic hydroxyl groups is 1. The molecule has 1 unspecified atom stereocenters. The number of fused-ring (bicyclic) bond motifs is 3. The van der Waals surface area contributed by atoms with Crippen molar-refractivity contribution in [3.05, 3.63) is 89.5 Å². The summed E-state index contributed by atoms with van der Waals surface area (Å²) in [5.74, 6) is -0.377. The molecule has 7 nitrogen and oxygen atoms in total. The predicted molar refractivity (Wildman–Crippen MR) is 127 cm³/mol. The summed E-state index contributed by atoms with van der Waals surface area (Å²) in [5.41, 5.74) is 5.23. The summed E-state index contributed by atoms with van der Waals surface area (Å²) in [5, 5.41) is 23.5. The summed E-state index contributed by atoms with van der Waals surface area (Å²) in [4.78, 5) is 25.4. The lowest BCUT2D eigenvalue weighted by Gasteiger charge is -2.20. The first kappa shape index (κ1) is 22.9. The predicted octanol–water partition coefficient (Wildman–Crippen LogP) is 3.87. The molecule has 1 aliphatic carbocycles. The summed E-state index contributed by atoms with van der Waals surface area (Å²) in [7, 11) is 0. The molecule has 0 aromatic heterocycles. The standard InChI is InChI=1S/C27H25N3O4/c28-14-5-15-29-26(32)25(16-18-10-12-19(31)13-11-18)30-27(33)34-17-24-22-8-3-1-6-20(22)21-7-2-4-9-23(21)24/h1-4,6-13,24-25,31H,5,15-17H2,(H,29,32)(H,30,33). The minimum Gasteiger partial charge on any atom is -0.508 e. The number of carbonyl (C=O) groups excluding carboxylic acids is 2. The van der Waals surface area contributed by atoms with Crippen molar-refractivity contribution in [2.75, 3.05) is 13.2 Å². The van der Waals surface area contributed by atoms with Crippen molar-refractivity contribution >= 4 is 12.0 Å². The molecule has 3 N–H and O–H groups in total. The molecule has 0 bridgehead atoms. The molecule has 0 radical (unpaired) electrons. The summed E-state index contributed by atoms with van der Waals surface area (Å²) < 4.78 is 5.58. The number of nitrogens with one attached hydrogen (secondary N) is 2. The highest BCUT2D eigenvalue weighted by molar-refractivity contribution is 5.86. The van der Waals surface area contributed by atoms with Gasteiger partial charge in [0.05, 0.1) is 12.5 Å². The van der Waals surface area contributed by atoms with Crippen LogP contribution in [-0.4, -0.2) is 36.3 Å². The monoisotopic (exact) mass is 455 g/mol. The van der Waals surface area contributed by atoms with Crippen LogP contribution in [0, 0.1) is 11.3 Å². The maximum Gasteiger partial charge on any atom is 0.407 e.